The predicted molar refractivity (Wildman–Crippen MR) is 225 cm³/mol. The summed E-state index contributed by atoms with van der Waals surface area (Å²) in [7, 11) is 0. The summed E-state index contributed by atoms with van der Waals surface area (Å²) < 4.78 is 1.34. The topological polar surface area (TPSA) is 0 Å². The fourth-order valence-corrected chi connectivity index (χ4v) is 11.2. The molecule has 0 N–H and O–H groups in total. The maximum atomic E-state index is 6.09. The molecule has 0 nitrogen and oxygen atoms in total. The van der Waals surface area contributed by atoms with E-state index in [0.29, 0.717) is 5.92 Å². The summed E-state index contributed by atoms with van der Waals surface area (Å²) >= 11 is 7.49. The molecule has 5 aromatic rings. The molecule has 284 valence electrons. The minimum atomic E-state index is 0. The Kier molecular flexibility index (Phi) is 13.1. The maximum Gasteiger partial charge on any atom is -0.172 e. The van der Waals surface area contributed by atoms with E-state index in [9.17, 15) is 0 Å². The third-order valence-corrected chi connectivity index (χ3v) is 16.1. The molecule has 1 saturated carbocycles. The first kappa shape index (κ1) is 43.3. The van der Waals surface area contributed by atoms with Gasteiger partial charge in [0.15, 0.2) is 0 Å². The van der Waals surface area contributed by atoms with Gasteiger partial charge < -0.3 is 24.8 Å². The van der Waals surface area contributed by atoms with Crippen LogP contribution in [0.2, 0.25) is 5.02 Å². The molecule has 0 bridgehead atoms. The average molecular weight is 864 g/mol. The van der Waals surface area contributed by atoms with Gasteiger partial charge in [-0.25, -0.2) is 18.1 Å². The number of hydrogen-bond donors (Lipinski definition) is 0. The van der Waals surface area contributed by atoms with E-state index in [1.807, 2.05) is 48.5 Å². The van der Waals surface area contributed by atoms with Crippen molar-refractivity contribution in [3.8, 4) is 0 Å². The van der Waals surface area contributed by atoms with Crippen LogP contribution in [0.3, 0.4) is 0 Å². The van der Waals surface area contributed by atoms with Gasteiger partial charge in [0, 0.05) is 0 Å². The fraction of sp³-hybridized carbons (Fsp3) is 0.314. The Morgan fingerprint density at radius 2 is 1.44 bits per heavy atom. The van der Waals surface area contributed by atoms with Crippen LogP contribution < -0.4 is 24.8 Å². The van der Waals surface area contributed by atoms with Crippen molar-refractivity contribution in [2.45, 2.75) is 74.7 Å². The molecule has 4 aliphatic rings. The molecule has 9 rings (SSSR count). The normalized spacial score (nSPS) is 21.9. The second-order valence-electron chi connectivity index (χ2n) is 17.1. The van der Waals surface area contributed by atoms with Crippen LogP contribution in [0, 0.1) is 33.5 Å². The van der Waals surface area contributed by atoms with Gasteiger partial charge in [0.1, 0.15) is 0 Å². The Morgan fingerprint density at radius 3 is 2.13 bits per heavy atom. The van der Waals surface area contributed by atoms with Gasteiger partial charge in [-0.05, 0) is 40.6 Å². The number of fused-ring (bicyclic) bond motifs is 7. The van der Waals surface area contributed by atoms with E-state index in [-0.39, 0.29) is 46.5 Å². The summed E-state index contributed by atoms with van der Waals surface area (Å²) in [6, 6.07) is 42.2. The molecule has 0 radical (unpaired) electrons. The zero-order valence-corrected chi connectivity index (χ0v) is 38.3. The molecule has 1 fully saturated rings. The maximum absolute atomic E-state index is 6.09. The largest absolute Gasteiger partial charge is 1.00 e. The second-order valence-corrected chi connectivity index (χ2v) is 18.8. The van der Waals surface area contributed by atoms with Crippen molar-refractivity contribution in [3.05, 3.63) is 183 Å². The Labute approximate surface area is 363 Å². The summed E-state index contributed by atoms with van der Waals surface area (Å²) in [4.78, 5) is 0. The van der Waals surface area contributed by atoms with E-state index in [1.54, 1.807) is 28.2 Å². The summed E-state index contributed by atoms with van der Waals surface area (Å²) in [6.45, 7) is 20.3. The van der Waals surface area contributed by atoms with Crippen molar-refractivity contribution in [1.82, 2.24) is 0 Å². The van der Waals surface area contributed by atoms with Gasteiger partial charge in [-0.2, -0.15) is 29.3 Å². The molecule has 0 heterocycles. The molecule has 4 aliphatic carbocycles. The van der Waals surface area contributed by atoms with Crippen LogP contribution >= 0.6 is 11.6 Å². The van der Waals surface area contributed by atoms with Gasteiger partial charge in [0.25, 0.3) is 0 Å². The van der Waals surface area contributed by atoms with Crippen molar-refractivity contribution >= 4 is 31.2 Å². The van der Waals surface area contributed by atoms with Crippen LogP contribution in [-0.2, 0) is 30.7 Å². The quantitative estimate of drug-likeness (QED) is 0.158. The Balaban J connectivity index is 0.000000192. The van der Waals surface area contributed by atoms with Gasteiger partial charge >= 0.3 is 133 Å². The van der Waals surface area contributed by atoms with Gasteiger partial charge in [0.05, 0.1) is 0 Å². The van der Waals surface area contributed by atoms with Crippen molar-refractivity contribution in [3.63, 3.8) is 0 Å². The van der Waals surface area contributed by atoms with Gasteiger partial charge in [-0.15, -0.1) is 6.92 Å². The number of allylic oxidation sites excluding steroid dienone is 6. The van der Waals surface area contributed by atoms with Crippen LogP contribution in [0.1, 0.15) is 90.5 Å². The minimum Gasteiger partial charge on any atom is -1.00 e. The molecular weight excluding hydrogens is 810 g/mol. The van der Waals surface area contributed by atoms with E-state index in [0.717, 1.165) is 11.4 Å². The zero-order chi connectivity index (χ0) is 37.8. The predicted octanol–water partition coefficient (Wildman–Crippen LogP) is 7.99. The number of hydrogen-bond acceptors (Lipinski definition) is 0. The molecule has 0 amide bonds. The molecule has 2 unspecified atom stereocenters. The van der Waals surface area contributed by atoms with Gasteiger partial charge in [-0.1, -0.05) is 113 Å². The number of rotatable bonds is 2. The minimum absolute atomic E-state index is 0. The van der Waals surface area contributed by atoms with Gasteiger partial charge in [-0.3, -0.25) is 0 Å². The Bertz CT molecular complexity index is 2240. The van der Waals surface area contributed by atoms with E-state index in [2.05, 4.69) is 140 Å². The zero-order valence-electron chi connectivity index (χ0n) is 33.5. The van der Waals surface area contributed by atoms with Crippen LogP contribution in [0.5, 0.6) is 0 Å². The van der Waals surface area contributed by atoms with E-state index in [1.165, 1.54) is 73.3 Å². The monoisotopic (exact) mass is 860 g/mol. The van der Waals surface area contributed by atoms with Crippen LogP contribution in [0.25, 0.3) is 16.3 Å². The van der Waals surface area contributed by atoms with E-state index in [4.69, 9.17) is 11.6 Å². The summed E-state index contributed by atoms with van der Waals surface area (Å²) in [6.07, 6.45) is 8.50. The molecule has 0 saturated heterocycles. The van der Waals surface area contributed by atoms with Crippen LogP contribution in [0.4, 0.5) is 0 Å². The summed E-state index contributed by atoms with van der Waals surface area (Å²) in [5, 5.41) is 3.37. The molecule has 0 aromatic heterocycles. The second kappa shape index (κ2) is 16.6. The molecule has 0 spiro atoms. The first-order chi connectivity index (χ1) is 25.2. The first-order valence-electron chi connectivity index (χ1n) is 19.3. The molecule has 0 aliphatic heterocycles. The molecule has 4 heteroatoms. The van der Waals surface area contributed by atoms with Crippen LogP contribution in [0.15, 0.2) is 150 Å². The Morgan fingerprint density at radius 1 is 0.782 bits per heavy atom. The Hall–Kier alpha value is -2.80. The third kappa shape index (κ3) is 7.09. The molecule has 2 atom stereocenters. The first-order valence-corrected chi connectivity index (χ1v) is 20.9. The van der Waals surface area contributed by atoms with Gasteiger partial charge in [0.2, 0.25) is 0 Å². The number of benzene rings is 4. The smallest absolute Gasteiger partial charge is 0.172 e. The summed E-state index contributed by atoms with van der Waals surface area (Å²) in [5.41, 5.74) is 12.8. The fourth-order valence-electron chi connectivity index (χ4n) is 10.1. The van der Waals surface area contributed by atoms with Crippen molar-refractivity contribution in [1.29, 1.82) is 0 Å². The molecule has 55 heavy (non-hydrogen) atoms. The van der Waals surface area contributed by atoms with Crippen molar-refractivity contribution in [2.24, 2.45) is 27.6 Å². The third-order valence-electron chi connectivity index (χ3n) is 14.5. The van der Waals surface area contributed by atoms with Crippen molar-refractivity contribution < 1.29 is 49.0 Å². The standard InChI is InChI=1S/C29H37.C17H11Cl.C5H5.2ClH.Zr/c1-18-25-22-17-19-13-9-10-14-20(19)24(22)21-15-11-12-16-23(21)29(25,8)28(6,7)27(4,5)26(18,2)3;18-16-9-3-5-13(12-16)11-15-8-4-7-14-6-1-2-10-17(14)15;1-2-4-5-3-1;;;/h9-11,13-15,23H,12,16-17H2,1-8H3;1-10,12H;1-5H;2*1H;/q-1;;-1;;;+2/p-2. The average Bonchev–Trinajstić information content (AvgIpc) is 3.87. The van der Waals surface area contributed by atoms with E-state index < -0.39 is 0 Å². The van der Waals surface area contributed by atoms with E-state index >= 15 is 0 Å². The number of halogens is 3. The molecule has 5 aromatic carbocycles. The van der Waals surface area contributed by atoms with Crippen molar-refractivity contribution in [2.75, 3.05) is 0 Å². The summed E-state index contributed by atoms with van der Waals surface area (Å²) in [5.74, 6) is 2.24. The van der Waals surface area contributed by atoms with Crippen LogP contribution in [-0.4, -0.2) is 3.21 Å². The molecular formula is C51H53Cl3Zr-2. The SMILES string of the molecule is C[C-]1C2=C3Cc4ccccc4C3=C3C=CCCC3C2(C)C(C)(C)C(C)(C)C1(C)C.Clc1cccc([C](=[Zr+2])c2cccc3ccccc23)c1.[Cl-].[Cl-].c1cc[cH-]c1.